The topological polar surface area (TPSA) is 34.9 Å². The molecule has 0 aliphatic heterocycles. The van der Waals surface area contributed by atoms with Crippen LogP contribution < -0.4 is 0 Å². The van der Waals surface area contributed by atoms with Crippen molar-refractivity contribution in [3.05, 3.63) is 35.1 Å². The lowest BCUT2D eigenvalue weighted by Crippen LogP contribution is -1.87. The molecule has 0 bridgehead atoms. The number of hydrogen-bond donors (Lipinski definition) is 0. The molecule has 0 saturated heterocycles. The van der Waals surface area contributed by atoms with Gasteiger partial charge in [0.1, 0.15) is 0 Å². The Morgan fingerprint density at radius 1 is 1.46 bits per heavy atom. The van der Waals surface area contributed by atoms with E-state index < -0.39 is 0 Å². The Bertz CT molecular complexity index is 417. The first kappa shape index (κ1) is 8.19. The first-order valence-electron chi connectivity index (χ1n) is 3.87. The number of aromatic nitrogens is 2. The summed E-state index contributed by atoms with van der Waals surface area (Å²) in [5.74, 6) is 0. The van der Waals surface area contributed by atoms with Gasteiger partial charge in [0.25, 0.3) is 0 Å². The lowest BCUT2D eigenvalue weighted by molar-refractivity contribution is 0.112. The third-order valence-corrected chi connectivity index (χ3v) is 2.85. The van der Waals surface area contributed by atoms with Crippen LogP contribution in [0.1, 0.15) is 15.4 Å². The number of carbonyl (C=O) groups excluding carboxylic acids is 1. The van der Waals surface area contributed by atoms with E-state index in [4.69, 9.17) is 0 Å². The van der Waals surface area contributed by atoms with Crippen LogP contribution in [0.2, 0.25) is 0 Å². The van der Waals surface area contributed by atoms with Crippen LogP contribution in [0, 0.1) is 6.92 Å². The maximum Gasteiger partial charge on any atom is 0.194 e. The zero-order chi connectivity index (χ0) is 9.26. The molecule has 66 valence electrons. The normalized spacial score (nSPS) is 10.2. The molecule has 13 heavy (non-hydrogen) atoms. The largest absolute Gasteiger partial charge is 0.300 e. The molecule has 0 aliphatic carbocycles. The molecule has 2 heterocycles. The Labute approximate surface area is 79.7 Å². The Hall–Kier alpha value is -1.42. The first-order valence-corrected chi connectivity index (χ1v) is 4.69. The van der Waals surface area contributed by atoms with E-state index in [9.17, 15) is 4.79 Å². The molecule has 0 fully saturated rings. The molecule has 0 unspecified atom stereocenters. The van der Waals surface area contributed by atoms with Gasteiger partial charge in [-0.25, -0.2) is 4.98 Å². The molecule has 0 spiro atoms. The summed E-state index contributed by atoms with van der Waals surface area (Å²) in [7, 11) is 0. The van der Waals surface area contributed by atoms with Crippen molar-refractivity contribution in [1.82, 2.24) is 9.55 Å². The van der Waals surface area contributed by atoms with Crippen molar-refractivity contribution < 1.29 is 4.79 Å². The summed E-state index contributed by atoms with van der Waals surface area (Å²) in [4.78, 5) is 15.5. The van der Waals surface area contributed by atoms with Crippen molar-refractivity contribution in [2.45, 2.75) is 6.92 Å². The molecule has 2 aromatic rings. The second kappa shape index (κ2) is 3.14. The SMILES string of the molecule is Cc1nc(-n2cccc2)sc1C=O. The third-order valence-electron chi connectivity index (χ3n) is 1.75. The van der Waals surface area contributed by atoms with Crippen LogP contribution in [0.5, 0.6) is 0 Å². The Balaban J connectivity index is 2.48. The van der Waals surface area contributed by atoms with E-state index in [1.165, 1.54) is 11.3 Å². The van der Waals surface area contributed by atoms with Crippen molar-refractivity contribution >= 4 is 17.6 Å². The van der Waals surface area contributed by atoms with E-state index in [-0.39, 0.29) is 0 Å². The van der Waals surface area contributed by atoms with Gasteiger partial charge in [-0.3, -0.25) is 4.79 Å². The van der Waals surface area contributed by atoms with Crippen LogP contribution in [0.4, 0.5) is 0 Å². The minimum Gasteiger partial charge on any atom is -0.300 e. The number of thiazole rings is 1. The van der Waals surface area contributed by atoms with Gasteiger partial charge in [0.2, 0.25) is 0 Å². The molecule has 0 aromatic carbocycles. The minimum absolute atomic E-state index is 0.698. The average molecular weight is 192 g/mol. The molecule has 0 radical (unpaired) electrons. The lowest BCUT2D eigenvalue weighted by atomic mass is 10.4. The number of aryl methyl sites for hydroxylation is 1. The van der Waals surface area contributed by atoms with Crippen LogP contribution in [0.3, 0.4) is 0 Å². The van der Waals surface area contributed by atoms with Gasteiger partial charge in [0, 0.05) is 12.4 Å². The van der Waals surface area contributed by atoms with E-state index >= 15 is 0 Å². The van der Waals surface area contributed by atoms with Gasteiger partial charge in [0.05, 0.1) is 10.6 Å². The van der Waals surface area contributed by atoms with Crippen LogP contribution in [-0.2, 0) is 0 Å². The third kappa shape index (κ3) is 1.40. The van der Waals surface area contributed by atoms with E-state index in [2.05, 4.69) is 4.98 Å². The Morgan fingerprint density at radius 3 is 2.69 bits per heavy atom. The predicted octanol–water partition coefficient (Wildman–Crippen LogP) is 2.05. The second-order valence-corrected chi connectivity index (χ2v) is 3.66. The first-order chi connectivity index (χ1) is 6.31. The van der Waals surface area contributed by atoms with E-state index in [0.29, 0.717) is 4.88 Å². The smallest absolute Gasteiger partial charge is 0.194 e. The highest BCUT2D eigenvalue weighted by molar-refractivity contribution is 7.15. The van der Waals surface area contributed by atoms with E-state index in [0.717, 1.165) is 17.1 Å². The zero-order valence-electron chi connectivity index (χ0n) is 7.10. The van der Waals surface area contributed by atoms with Crippen molar-refractivity contribution in [3.8, 4) is 5.13 Å². The van der Waals surface area contributed by atoms with Crippen molar-refractivity contribution in [2.24, 2.45) is 0 Å². The highest BCUT2D eigenvalue weighted by Gasteiger charge is 2.06. The fourth-order valence-electron chi connectivity index (χ4n) is 1.08. The van der Waals surface area contributed by atoms with Crippen molar-refractivity contribution in [1.29, 1.82) is 0 Å². The standard InChI is InChI=1S/C9H8N2OS/c1-7-8(6-12)13-9(10-7)11-4-2-3-5-11/h2-6H,1H3. The summed E-state index contributed by atoms with van der Waals surface area (Å²) in [5.41, 5.74) is 0.795. The van der Waals surface area contributed by atoms with Crippen LogP contribution in [0.15, 0.2) is 24.5 Å². The van der Waals surface area contributed by atoms with Gasteiger partial charge < -0.3 is 4.57 Å². The summed E-state index contributed by atoms with van der Waals surface area (Å²) in [6, 6.07) is 3.86. The van der Waals surface area contributed by atoms with Gasteiger partial charge in [-0.1, -0.05) is 11.3 Å². The van der Waals surface area contributed by atoms with Gasteiger partial charge in [-0.2, -0.15) is 0 Å². The Morgan fingerprint density at radius 2 is 2.15 bits per heavy atom. The molecule has 4 heteroatoms. The highest BCUT2D eigenvalue weighted by Crippen LogP contribution is 2.19. The molecule has 0 saturated carbocycles. The maximum atomic E-state index is 10.6. The van der Waals surface area contributed by atoms with E-state index in [1.54, 1.807) is 0 Å². The number of rotatable bonds is 2. The second-order valence-electron chi connectivity index (χ2n) is 2.65. The molecular formula is C9H8N2OS. The molecule has 2 rings (SSSR count). The van der Waals surface area contributed by atoms with Gasteiger partial charge in [0.15, 0.2) is 11.4 Å². The van der Waals surface area contributed by atoms with Crippen LogP contribution >= 0.6 is 11.3 Å². The molecule has 0 aliphatic rings. The summed E-state index contributed by atoms with van der Waals surface area (Å²) >= 11 is 1.40. The fourth-order valence-corrected chi connectivity index (χ4v) is 1.92. The molecule has 0 N–H and O–H groups in total. The predicted molar refractivity (Wildman–Crippen MR) is 51.6 cm³/mol. The summed E-state index contributed by atoms with van der Waals surface area (Å²) in [6.45, 7) is 1.84. The van der Waals surface area contributed by atoms with Crippen LogP contribution in [-0.4, -0.2) is 15.8 Å². The Kier molecular flexibility index (Phi) is 1.98. The van der Waals surface area contributed by atoms with Gasteiger partial charge in [-0.15, -0.1) is 0 Å². The quantitative estimate of drug-likeness (QED) is 0.682. The minimum atomic E-state index is 0.698. The lowest BCUT2D eigenvalue weighted by Gasteiger charge is -1.92. The average Bonchev–Trinajstić information content (AvgIpc) is 2.71. The summed E-state index contributed by atoms with van der Waals surface area (Å²) in [5, 5.41) is 0.838. The molecular weight excluding hydrogens is 184 g/mol. The molecule has 3 nitrogen and oxygen atoms in total. The fraction of sp³-hybridized carbons (Fsp3) is 0.111. The molecule has 0 atom stereocenters. The molecule has 0 amide bonds. The molecule has 2 aromatic heterocycles. The summed E-state index contributed by atoms with van der Waals surface area (Å²) in [6.07, 6.45) is 4.67. The monoisotopic (exact) mass is 192 g/mol. The van der Waals surface area contributed by atoms with Crippen molar-refractivity contribution in [3.63, 3.8) is 0 Å². The van der Waals surface area contributed by atoms with Crippen molar-refractivity contribution in [2.75, 3.05) is 0 Å². The highest BCUT2D eigenvalue weighted by atomic mass is 32.1. The number of aldehydes is 1. The van der Waals surface area contributed by atoms with Crippen LogP contribution in [0.25, 0.3) is 5.13 Å². The number of hydrogen-bond acceptors (Lipinski definition) is 3. The number of nitrogens with zero attached hydrogens (tertiary/aromatic N) is 2. The maximum absolute atomic E-state index is 10.6. The van der Waals surface area contributed by atoms with Gasteiger partial charge in [-0.05, 0) is 19.1 Å². The van der Waals surface area contributed by atoms with E-state index in [1.807, 2.05) is 36.0 Å². The zero-order valence-corrected chi connectivity index (χ0v) is 7.91. The van der Waals surface area contributed by atoms with Gasteiger partial charge >= 0.3 is 0 Å². The summed E-state index contributed by atoms with van der Waals surface area (Å²) < 4.78 is 1.89. The number of carbonyl (C=O) groups is 1.